The van der Waals surface area contributed by atoms with Gasteiger partial charge in [0.25, 0.3) is 0 Å². The van der Waals surface area contributed by atoms with Crippen LogP contribution in [0.1, 0.15) is 40.5 Å². The summed E-state index contributed by atoms with van der Waals surface area (Å²) in [6, 6.07) is 0.496. The second-order valence-corrected chi connectivity index (χ2v) is 4.65. The summed E-state index contributed by atoms with van der Waals surface area (Å²) in [5.41, 5.74) is 0. The molecule has 17 heavy (non-hydrogen) atoms. The van der Waals surface area contributed by atoms with Gasteiger partial charge in [0.2, 0.25) is 0 Å². The summed E-state index contributed by atoms with van der Waals surface area (Å²) >= 11 is 0. The van der Waals surface area contributed by atoms with Gasteiger partial charge in [-0.25, -0.2) is 0 Å². The van der Waals surface area contributed by atoms with Gasteiger partial charge in [0, 0.05) is 19.1 Å². The summed E-state index contributed by atoms with van der Waals surface area (Å²) in [6.45, 7) is 10.4. The van der Waals surface area contributed by atoms with Crippen molar-refractivity contribution in [2.24, 2.45) is 0 Å². The molecule has 1 N–H and O–H groups in total. The molecule has 0 fully saturated rings. The minimum Gasteiger partial charge on any atom is -0.486 e. The molecule has 1 rings (SSSR count). The molecule has 1 aromatic heterocycles. The average Bonchev–Trinajstić information content (AvgIpc) is 2.72. The van der Waals surface area contributed by atoms with Gasteiger partial charge in [-0.2, -0.15) is 5.10 Å². The highest BCUT2D eigenvalue weighted by atomic mass is 16.5. The van der Waals surface area contributed by atoms with E-state index >= 15 is 0 Å². The van der Waals surface area contributed by atoms with Gasteiger partial charge in [0.1, 0.15) is 6.10 Å². The predicted octanol–water partition coefficient (Wildman–Crippen LogP) is 2.45. The van der Waals surface area contributed by atoms with Crippen LogP contribution in [-0.4, -0.2) is 28.5 Å². The second-order valence-electron chi connectivity index (χ2n) is 4.65. The van der Waals surface area contributed by atoms with Crippen molar-refractivity contribution in [1.82, 2.24) is 15.1 Å². The van der Waals surface area contributed by atoms with Gasteiger partial charge in [-0.3, -0.25) is 4.68 Å². The van der Waals surface area contributed by atoms with Crippen molar-refractivity contribution in [3.63, 3.8) is 0 Å². The number of hydrogen-bond donors (Lipinski definition) is 1. The first kappa shape index (κ1) is 14.0. The fraction of sp³-hybridized carbons (Fsp3) is 0.769. The largest absolute Gasteiger partial charge is 0.486 e. The Morgan fingerprint density at radius 1 is 1.41 bits per heavy atom. The zero-order chi connectivity index (χ0) is 12.7. The third-order valence-corrected chi connectivity index (χ3v) is 2.57. The van der Waals surface area contributed by atoms with E-state index < -0.39 is 0 Å². The van der Waals surface area contributed by atoms with Gasteiger partial charge in [0.15, 0.2) is 5.75 Å². The Balaban J connectivity index is 2.43. The van der Waals surface area contributed by atoms with Crippen molar-refractivity contribution in [2.45, 2.75) is 59.2 Å². The fourth-order valence-corrected chi connectivity index (χ4v) is 1.59. The monoisotopic (exact) mass is 239 g/mol. The topological polar surface area (TPSA) is 39.1 Å². The molecule has 0 aromatic carbocycles. The zero-order valence-electron chi connectivity index (χ0n) is 11.4. The number of aryl methyl sites for hydroxylation is 1. The van der Waals surface area contributed by atoms with E-state index in [2.05, 4.69) is 38.1 Å². The van der Waals surface area contributed by atoms with Gasteiger partial charge in [-0.15, -0.1) is 0 Å². The van der Waals surface area contributed by atoms with Gasteiger partial charge in [-0.1, -0.05) is 27.7 Å². The Morgan fingerprint density at radius 3 is 2.76 bits per heavy atom. The van der Waals surface area contributed by atoms with Crippen molar-refractivity contribution in [3.05, 3.63) is 12.4 Å². The van der Waals surface area contributed by atoms with E-state index in [9.17, 15) is 0 Å². The van der Waals surface area contributed by atoms with Crippen molar-refractivity contribution in [2.75, 3.05) is 6.54 Å². The van der Waals surface area contributed by atoms with Crippen LogP contribution in [0.4, 0.5) is 0 Å². The van der Waals surface area contributed by atoms with Crippen molar-refractivity contribution < 1.29 is 4.74 Å². The molecular weight excluding hydrogens is 214 g/mol. The molecule has 0 radical (unpaired) electrons. The summed E-state index contributed by atoms with van der Waals surface area (Å²) in [5.74, 6) is 0.871. The van der Waals surface area contributed by atoms with Crippen molar-refractivity contribution >= 4 is 0 Å². The summed E-state index contributed by atoms with van der Waals surface area (Å²) in [7, 11) is 0. The highest BCUT2D eigenvalue weighted by Crippen LogP contribution is 2.12. The van der Waals surface area contributed by atoms with Crippen LogP contribution in [0.2, 0.25) is 0 Å². The lowest BCUT2D eigenvalue weighted by atomic mass is 10.2. The third-order valence-electron chi connectivity index (χ3n) is 2.57. The maximum atomic E-state index is 5.90. The maximum Gasteiger partial charge on any atom is 0.157 e. The molecule has 0 aliphatic heterocycles. The molecule has 0 aliphatic rings. The molecule has 0 spiro atoms. The molecule has 1 aromatic rings. The number of hydrogen-bond acceptors (Lipinski definition) is 3. The van der Waals surface area contributed by atoms with Crippen LogP contribution in [0, 0.1) is 0 Å². The number of aromatic nitrogens is 2. The first-order chi connectivity index (χ1) is 8.15. The SMILES string of the molecule is CCCn1cc(OC(CC)CNC(C)C)cn1. The van der Waals surface area contributed by atoms with Crippen LogP contribution in [-0.2, 0) is 6.54 Å². The Morgan fingerprint density at radius 2 is 2.18 bits per heavy atom. The Bertz CT molecular complexity index is 309. The maximum absolute atomic E-state index is 5.90. The standard InChI is InChI=1S/C13H25N3O/c1-5-7-16-10-13(9-15-16)17-12(6-2)8-14-11(3)4/h9-12,14H,5-8H2,1-4H3. The molecule has 0 aliphatic carbocycles. The summed E-state index contributed by atoms with van der Waals surface area (Å²) in [5, 5.41) is 7.66. The Kier molecular flexibility index (Phi) is 6.05. The van der Waals surface area contributed by atoms with Crippen molar-refractivity contribution in [3.8, 4) is 5.75 Å². The van der Waals surface area contributed by atoms with Crippen LogP contribution in [0.5, 0.6) is 5.75 Å². The van der Waals surface area contributed by atoms with E-state index in [1.54, 1.807) is 6.20 Å². The molecule has 0 saturated heterocycles. The van der Waals surface area contributed by atoms with E-state index in [1.165, 1.54) is 0 Å². The van der Waals surface area contributed by atoms with Gasteiger partial charge < -0.3 is 10.1 Å². The van der Waals surface area contributed by atoms with E-state index in [1.807, 2.05) is 10.9 Å². The van der Waals surface area contributed by atoms with Crippen LogP contribution >= 0.6 is 0 Å². The first-order valence-corrected chi connectivity index (χ1v) is 6.58. The lowest BCUT2D eigenvalue weighted by Crippen LogP contribution is -2.34. The lowest BCUT2D eigenvalue weighted by Gasteiger charge is -2.18. The highest BCUT2D eigenvalue weighted by Gasteiger charge is 2.09. The highest BCUT2D eigenvalue weighted by molar-refractivity contribution is 5.12. The van der Waals surface area contributed by atoms with Gasteiger partial charge in [-0.05, 0) is 12.8 Å². The molecule has 0 saturated carbocycles. The second kappa shape index (κ2) is 7.33. The molecule has 4 heteroatoms. The first-order valence-electron chi connectivity index (χ1n) is 6.58. The number of nitrogens with one attached hydrogen (secondary N) is 1. The molecular formula is C13H25N3O. The molecule has 0 bridgehead atoms. The van der Waals surface area contributed by atoms with Crippen molar-refractivity contribution in [1.29, 1.82) is 0 Å². The number of nitrogens with zero attached hydrogens (tertiary/aromatic N) is 2. The fourth-order valence-electron chi connectivity index (χ4n) is 1.59. The van der Waals surface area contributed by atoms with Crippen LogP contribution < -0.4 is 10.1 Å². The summed E-state index contributed by atoms with van der Waals surface area (Å²) in [6.07, 6.45) is 6.08. The van der Waals surface area contributed by atoms with Crippen LogP contribution in [0.25, 0.3) is 0 Å². The quantitative estimate of drug-likeness (QED) is 0.757. The smallest absolute Gasteiger partial charge is 0.157 e. The normalized spacial score (nSPS) is 13.0. The molecule has 4 nitrogen and oxygen atoms in total. The average molecular weight is 239 g/mol. The Labute approximate surface area is 104 Å². The lowest BCUT2D eigenvalue weighted by molar-refractivity contribution is 0.190. The van der Waals surface area contributed by atoms with E-state index in [4.69, 9.17) is 4.74 Å². The van der Waals surface area contributed by atoms with Gasteiger partial charge in [0.05, 0.1) is 12.4 Å². The molecule has 1 unspecified atom stereocenters. The van der Waals surface area contributed by atoms with Gasteiger partial charge >= 0.3 is 0 Å². The molecule has 98 valence electrons. The molecule has 1 heterocycles. The summed E-state index contributed by atoms with van der Waals surface area (Å²) < 4.78 is 7.82. The van der Waals surface area contributed by atoms with Crippen LogP contribution in [0.3, 0.4) is 0 Å². The zero-order valence-corrected chi connectivity index (χ0v) is 11.4. The summed E-state index contributed by atoms with van der Waals surface area (Å²) in [4.78, 5) is 0. The molecule has 1 atom stereocenters. The van der Waals surface area contributed by atoms with Crippen LogP contribution in [0.15, 0.2) is 12.4 Å². The predicted molar refractivity (Wildman–Crippen MR) is 70.4 cm³/mol. The number of ether oxygens (including phenoxy) is 1. The minimum atomic E-state index is 0.219. The number of rotatable bonds is 8. The van der Waals surface area contributed by atoms with E-state index in [-0.39, 0.29) is 6.10 Å². The van der Waals surface area contributed by atoms with E-state index in [0.717, 1.165) is 31.7 Å². The third kappa shape index (κ3) is 5.22. The molecule has 0 amide bonds. The van der Waals surface area contributed by atoms with E-state index in [0.29, 0.717) is 6.04 Å². The Hall–Kier alpha value is -1.03. The minimum absolute atomic E-state index is 0.219.